The molecule has 1 aliphatic carbocycles. The van der Waals surface area contributed by atoms with Gasteiger partial charge in [0.05, 0.1) is 4.90 Å². The van der Waals surface area contributed by atoms with E-state index >= 15 is 0 Å². The maximum absolute atomic E-state index is 12.6. The fourth-order valence-corrected chi connectivity index (χ4v) is 3.85. The van der Waals surface area contributed by atoms with Gasteiger partial charge in [-0.1, -0.05) is 32.9 Å². The maximum atomic E-state index is 12.6. The Morgan fingerprint density at radius 2 is 1.85 bits per heavy atom. The van der Waals surface area contributed by atoms with E-state index in [0.717, 1.165) is 18.4 Å². The van der Waals surface area contributed by atoms with Gasteiger partial charge in [0.1, 0.15) is 0 Å². The summed E-state index contributed by atoms with van der Waals surface area (Å²) in [5.41, 5.74) is 1.29. The monoisotopic (exact) mass is 380 g/mol. The highest BCUT2D eigenvalue weighted by Crippen LogP contribution is 2.28. The zero-order valence-electron chi connectivity index (χ0n) is 15.9. The van der Waals surface area contributed by atoms with E-state index in [1.54, 1.807) is 19.1 Å². The first-order valence-electron chi connectivity index (χ1n) is 8.95. The number of hydrogen-bond donors (Lipinski definition) is 2. The molecule has 1 aromatic carbocycles. The van der Waals surface area contributed by atoms with Gasteiger partial charge in [0.25, 0.3) is 10.0 Å². The fourth-order valence-electron chi connectivity index (χ4n) is 2.56. The predicted molar refractivity (Wildman–Crippen MR) is 100 cm³/mol. The number of hydrogen-bond acceptors (Lipinski definition) is 4. The molecule has 2 rings (SSSR count). The molecule has 0 atom stereocenters. The van der Waals surface area contributed by atoms with E-state index in [-0.39, 0.29) is 28.6 Å². The van der Waals surface area contributed by atoms with Crippen molar-refractivity contribution in [2.45, 2.75) is 63.7 Å². The smallest absolute Gasteiger partial charge is 0.264 e. The molecule has 0 bridgehead atoms. The van der Waals surface area contributed by atoms with E-state index in [9.17, 15) is 18.0 Å². The fraction of sp³-hybridized carbons (Fsp3) is 0.579. The number of rotatable bonds is 7. The molecule has 6 nitrogen and oxygen atoms in total. The Morgan fingerprint density at radius 1 is 1.19 bits per heavy atom. The Balaban J connectivity index is 1.94. The standard InChI is InChI=1S/C19H28N2O4S/c1-13-7-10-15(19(2,3)4)12-16(13)26(24,25)21-17(22)6-5-11-20-18(23)14-8-9-14/h7,10,12,14H,5-6,8-9,11H2,1-4H3,(H,20,23)(H,21,22). The van der Waals surface area contributed by atoms with Crippen LogP contribution in [0, 0.1) is 12.8 Å². The minimum absolute atomic E-state index is 0.0210. The third kappa shape index (κ3) is 5.56. The third-order valence-corrected chi connectivity index (χ3v) is 5.94. The van der Waals surface area contributed by atoms with Gasteiger partial charge in [-0.2, -0.15) is 0 Å². The minimum Gasteiger partial charge on any atom is -0.356 e. The van der Waals surface area contributed by atoms with Crippen molar-refractivity contribution in [2.75, 3.05) is 6.54 Å². The Bertz CT molecular complexity index is 790. The molecule has 2 amide bonds. The average Bonchev–Trinajstić information content (AvgIpc) is 3.34. The van der Waals surface area contributed by atoms with Crippen LogP contribution in [0.4, 0.5) is 0 Å². The van der Waals surface area contributed by atoms with E-state index in [2.05, 4.69) is 10.0 Å². The topological polar surface area (TPSA) is 92.3 Å². The molecule has 1 saturated carbocycles. The van der Waals surface area contributed by atoms with E-state index in [0.29, 0.717) is 18.5 Å². The summed E-state index contributed by atoms with van der Waals surface area (Å²) in [6.45, 7) is 8.09. The van der Waals surface area contributed by atoms with Crippen molar-refractivity contribution in [3.8, 4) is 0 Å². The molecular weight excluding hydrogens is 352 g/mol. The number of aryl methyl sites for hydroxylation is 1. The SMILES string of the molecule is Cc1ccc(C(C)(C)C)cc1S(=O)(=O)NC(=O)CCCNC(=O)C1CC1. The van der Waals surface area contributed by atoms with Gasteiger partial charge in [0, 0.05) is 18.9 Å². The lowest BCUT2D eigenvalue weighted by Gasteiger charge is -2.20. The van der Waals surface area contributed by atoms with Crippen molar-refractivity contribution < 1.29 is 18.0 Å². The highest BCUT2D eigenvalue weighted by atomic mass is 32.2. The minimum atomic E-state index is -3.92. The number of amides is 2. The molecule has 144 valence electrons. The van der Waals surface area contributed by atoms with E-state index in [1.165, 1.54) is 0 Å². The van der Waals surface area contributed by atoms with E-state index in [1.807, 2.05) is 26.8 Å². The predicted octanol–water partition coefficient (Wildman–Crippen LogP) is 2.40. The Morgan fingerprint density at radius 3 is 2.42 bits per heavy atom. The molecule has 0 heterocycles. The molecule has 1 fully saturated rings. The maximum Gasteiger partial charge on any atom is 0.264 e. The van der Waals surface area contributed by atoms with Gasteiger partial charge in [-0.05, 0) is 48.8 Å². The summed E-state index contributed by atoms with van der Waals surface area (Å²) in [6, 6.07) is 5.28. The summed E-state index contributed by atoms with van der Waals surface area (Å²) in [6.07, 6.45) is 2.30. The average molecular weight is 381 g/mol. The Labute approximate surface area is 155 Å². The highest BCUT2D eigenvalue weighted by Gasteiger charge is 2.29. The van der Waals surface area contributed by atoms with Crippen molar-refractivity contribution in [1.29, 1.82) is 0 Å². The lowest BCUT2D eigenvalue weighted by molar-refractivity contribution is -0.123. The van der Waals surface area contributed by atoms with Crippen molar-refractivity contribution in [1.82, 2.24) is 10.0 Å². The molecule has 26 heavy (non-hydrogen) atoms. The molecule has 1 aliphatic rings. The van der Waals surface area contributed by atoms with Crippen LogP contribution in [0.15, 0.2) is 23.1 Å². The highest BCUT2D eigenvalue weighted by molar-refractivity contribution is 7.90. The molecule has 1 aromatic rings. The Kier molecular flexibility index (Phi) is 6.11. The largest absolute Gasteiger partial charge is 0.356 e. The van der Waals surface area contributed by atoms with E-state index < -0.39 is 15.9 Å². The van der Waals surface area contributed by atoms with E-state index in [4.69, 9.17) is 0 Å². The van der Waals surface area contributed by atoms with Gasteiger partial charge in [-0.3, -0.25) is 9.59 Å². The second-order valence-electron chi connectivity index (χ2n) is 7.93. The van der Waals surface area contributed by atoms with Crippen LogP contribution in [0.3, 0.4) is 0 Å². The van der Waals surface area contributed by atoms with Crippen molar-refractivity contribution in [2.24, 2.45) is 5.92 Å². The summed E-state index contributed by atoms with van der Waals surface area (Å²) in [4.78, 5) is 23.6. The van der Waals surface area contributed by atoms with Crippen molar-refractivity contribution in [3.05, 3.63) is 29.3 Å². The molecule has 0 aliphatic heterocycles. The molecule has 0 radical (unpaired) electrons. The van der Waals surface area contributed by atoms with Crippen LogP contribution in [0.2, 0.25) is 0 Å². The van der Waals surface area contributed by atoms with Crippen LogP contribution in [-0.2, 0) is 25.0 Å². The first-order chi connectivity index (χ1) is 12.0. The number of carbonyl (C=O) groups excluding carboxylic acids is 2. The van der Waals surface area contributed by atoms with Gasteiger partial charge in [-0.15, -0.1) is 0 Å². The first-order valence-corrected chi connectivity index (χ1v) is 10.4. The molecule has 2 N–H and O–H groups in total. The normalized spacial score (nSPS) is 14.8. The lowest BCUT2D eigenvalue weighted by Crippen LogP contribution is -2.32. The zero-order chi connectivity index (χ0) is 19.5. The van der Waals surface area contributed by atoms with Crippen LogP contribution in [0.1, 0.15) is 57.6 Å². The quantitative estimate of drug-likeness (QED) is 0.711. The summed E-state index contributed by atoms with van der Waals surface area (Å²) >= 11 is 0. The summed E-state index contributed by atoms with van der Waals surface area (Å²) in [7, 11) is -3.92. The number of benzene rings is 1. The number of sulfonamides is 1. The van der Waals surface area contributed by atoms with Crippen LogP contribution in [-0.4, -0.2) is 26.8 Å². The molecular formula is C19H28N2O4S. The molecule has 0 spiro atoms. The van der Waals surface area contributed by atoms with Crippen LogP contribution in [0.25, 0.3) is 0 Å². The van der Waals surface area contributed by atoms with Gasteiger partial charge in [0.2, 0.25) is 11.8 Å². The summed E-state index contributed by atoms with van der Waals surface area (Å²) in [5, 5.41) is 2.76. The molecule has 7 heteroatoms. The van der Waals surface area contributed by atoms with Gasteiger partial charge in [-0.25, -0.2) is 13.1 Å². The summed E-state index contributed by atoms with van der Waals surface area (Å²) in [5.74, 6) is -0.416. The van der Waals surface area contributed by atoms with Gasteiger partial charge in [0.15, 0.2) is 0 Å². The van der Waals surface area contributed by atoms with Crippen molar-refractivity contribution >= 4 is 21.8 Å². The number of nitrogens with one attached hydrogen (secondary N) is 2. The van der Waals surface area contributed by atoms with Gasteiger partial charge >= 0.3 is 0 Å². The second-order valence-corrected chi connectivity index (χ2v) is 9.58. The second kappa shape index (κ2) is 7.78. The molecule has 0 aromatic heterocycles. The molecule has 0 saturated heterocycles. The first kappa shape index (κ1) is 20.4. The number of carbonyl (C=O) groups is 2. The van der Waals surface area contributed by atoms with Crippen molar-refractivity contribution in [3.63, 3.8) is 0 Å². The van der Waals surface area contributed by atoms with Crippen LogP contribution >= 0.6 is 0 Å². The van der Waals surface area contributed by atoms with Gasteiger partial charge < -0.3 is 5.32 Å². The zero-order valence-corrected chi connectivity index (χ0v) is 16.7. The van der Waals surface area contributed by atoms with Crippen LogP contribution in [0.5, 0.6) is 0 Å². The third-order valence-electron chi connectivity index (χ3n) is 4.42. The lowest BCUT2D eigenvalue weighted by atomic mass is 9.87. The Hall–Kier alpha value is -1.89. The molecule has 0 unspecified atom stereocenters. The summed E-state index contributed by atoms with van der Waals surface area (Å²) < 4.78 is 27.3. The van der Waals surface area contributed by atoms with Crippen LogP contribution < -0.4 is 10.0 Å².